The summed E-state index contributed by atoms with van der Waals surface area (Å²) in [6.07, 6.45) is 1.70. The molecule has 1 aliphatic heterocycles. The molecule has 0 radical (unpaired) electrons. The van der Waals surface area contributed by atoms with Crippen molar-refractivity contribution in [3.63, 3.8) is 0 Å². The SMILES string of the molecule is COCCn1c(S[C@H]2CCc3ccccc3NC2=O)nc(C)c1C. The van der Waals surface area contributed by atoms with Gasteiger partial charge in [0.2, 0.25) is 5.91 Å². The van der Waals surface area contributed by atoms with E-state index in [4.69, 9.17) is 4.74 Å². The Kier molecular flexibility index (Phi) is 5.26. The quantitative estimate of drug-likeness (QED) is 0.904. The summed E-state index contributed by atoms with van der Waals surface area (Å²) in [7, 11) is 1.70. The number of para-hydroxylation sites is 1. The normalized spacial score (nSPS) is 17.3. The molecular formula is C18H23N3O2S. The van der Waals surface area contributed by atoms with Gasteiger partial charge in [0.05, 0.1) is 17.6 Å². The van der Waals surface area contributed by atoms with Crippen LogP contribution >= 0.6 is 11.8 Å². The van der Waals surface area contributed by atoms with Gasteiger partial charge in [0, 0.05) is 25.0 Å². The van der Waals surface area contributed by atoms with E-state index in [1.807, 2.05) is 25.1 Å². The van der Waals surface area contributed by atoms with Crippen LogP contribution in [-0.4, -0.2) is 34.4 Å². The summed E-state index contributed by atoms with van der Waals surface area (Å²) >= 11 is 1.55. The van der Waals surface area contributed by atoms with Gasteiger partial charge in [-0.3, -0.25) is 4.79 Å². The molecule has 0 saturated heterocycles. The lowest BCUT2D eigenvalue weighted by molar-refractivity contribution is -0.115. The van der Waals surface area contributed by atoms with Crippen LogP contribution in [-0.2, 0) is 22.5 Å². The second-order valence-electron chi connectivity index (χ2n) is 6.00. The van der Waals surface area contributed by atoms with Crippen molar-refractivity contribution in [2.75, 3.05) is 19.0 Å². The lowest BCUT2D eigenvalue weighted by Gasteiger charge is -2.14. The molecule has 0 bridgehead atoms. The molecule has 3 rings (SSSR count). The van der Waals surface area contributed by atoms with E-state index in [0.717, 1.165) is 41.6 Å². The van der Waals surface area contributed by atoms with Crippen molar-refractivity contribution in [1.82, 2.24) is 9.55 Å². The van der Waals surface area contributed by atoms with Crippen LogP contribution in [0, 0.1) is 13.8 Å². The molecule has 0 unspecified atom stereocenters. The summed E-state index contributed by atoms with van der Waals surface area (Å²) in [5.74, 6) is 0.0570. The third-order valence-corrected chi connectivity index (χ3v) is 5.69. The highest BCUT2D eigenvalue weighted by Crippen LogP contribution is 2.32. The Morgan fingerprint density at radius 2 is 2.17 bits per heavy atom. The smallest absolute Gasteiger partial charge is 0.237 e. The maximum atomic E-state index is 12.6. The average molecular weight is 345 g/mol. The fourth-order valence-corrected chi connectivity index (χ4v) is 4.09. The number of aromatic nitrogens is 2. The minimum Gasteiger partial charge on any atom is -0.383 e. The zero-order valence-electron chi connectivity index (χ0n) is 14.3. The van der Waals surface area contributed by atoms with Gasteiger partial charge in [-0.15, -0.1) is 0 Å². The number of nitrogens with zero attached hydrogens (tertiary/aromatic N) is 2. The van der Waals surface area contributed by atoms with Crippen molar-refractivity contribution in [1.29, 1.82) is 0 Å². The van der Waals surface area contributed by atoms with E-state index in [0.29, 0.717) is 6.61 Å². The van der Waals surface area contributed by atoms with Gasteiger partial charge >= 0.3 is 0 Å². The van der Waals surface area contributed by atoms with Crippen LogP contribution in [0.1, 0.15) is 23.4 Å². The highest BCUT2D eigenvalue weighted by atomic mass is 32.2. The standard InChI is InChI=1S/C18H23N3O2S/c1-12-13(2)21(10-11-23-3)18(19-12)24-16-9-8-14-6-4-5-7-15(14)20-17(16)22/h4-7,16H,8-11H2,1-3H3,(H,20,22)/t16-/m0/s1. The largest absolute Gasteiger partial charge is 0.383 e. The Hall–Kier alpha value is -1.79. The summed E-state index contributed by atoms with van der Waals surface area (Å²) in [6, 6.07) is 8.02. The predicted molar refractivity (Wildman–Crippen MR) is 96.6 cm³/mol. The fourth-order valence-electron chi connectivity index (χ4n) is 2.89. The summed E-state index contributed by atoms with van der Waals surface area (Å²) < 4.78 is 7.35. The molecule has 2 heterocycles. The van der Waals surface area contributed by atoms with E-state index in [9.17, 15) is 4.79 Å². The Labute approximate surface area is 146 Å². The van der Waals surface area contributed by atoms with Gasteiger partial charge in [-0.25, -0.2) is 4.98 Å². The monoisotopic (exact) mass is 345 g/mol. The first kappa shape index (κ1) is 17.0. The Morgan fingerprint density at radius 1 is 1.38 bits per heavy atom. The average Bonchev–Trinajstić information content (AvgIpc) is 2.74. The zero-order valence-corrected chi connectivity index (χ0v) is 15.2. The Morgan fingerprint density at radius 3 is 2.96 bits per heavy atom. The van der Waals surface area contributed by atoms with Gasteiger partial charge < -0.3 is 14.6 Å². The van der Waals surface area contributed by atoms with Crippen molar-refractivity contribution in [3.8, 4) is 0 Å². The van der Waals surface area contributed by atoms with Crippen LogP contribution in [0.25, 0.3) is 0 Å². The lowest BCUT2D eigenvalue weighted by atomic mass is 10.1. The number of benzene rings is 1. The van der Waals surface area contributed by atoms with Gasteiger partial charge in [0.15, 0.2) is 5.16 Å². The predicted octanol–water partition coefficient (Wildman–Crippen LogP) is 3.19. The zero-order chi connectivity index (χ0) is 17.1. The van der Waals surface area contributed by atoms with Crippen LogP contribution in [0.3, 0.4) is 0 Å². The molecule has 1 aromatic heterocycles. The molecule has 0 saturated carbocycles. The number of nitrogens with one attached hydrogen (secondary N) is 1. The third-order valence-electron chi connectivity index (χ3n) is 4.43. The second kappa shape index (κ2) is 7.40. The molecule has 6 heteroatoms. The van der Waals surface area contributed by atoms with Gasteiger partial charge in [-0.05, 0) is 38.3 Å². The van der Waals surface area contributed by atoms with Gasteiger partial charge in [-0.2, -0.15) is 0 Å². The number of ether oxygens (including phenoxy) is 1. The van der Waals surface area contributed by atoms with Crippen LogP contribution < -0.4 is 5.32 Å². The van der Waals surface area contributed by atoms with Gasteiger partial charge in [0.1, 0.15) is 0 Å². The number of carbonyl (C=O) groups is 1. The molecule has 128 valence electrons. The van der Waals surface area contributed by atoms with E-state index < -0.39 is 0 Å². The van der Waals surface area contributed by atoms with Crippen molar-refractivity contribution in [2.24, 2.45) is 0 Å². The molecule has 5 nitrogen and oxygen atoms in total. The van der Waals surface area contributed by atoms with Crippen LogP contribution in [0.5, 0.6) is 0 Å². The number of hydrogen-bond donors (Lipinski definition) is 1. The number of anilines is 1. The van der Waals surface area contributed by atoms with Crippen LogP contribution in [0.2, 0.25) is 0 Å². The number of rotatable bonds is 5. The number of methoxy groups -OCH3 is 1. The van der Waals surface area contributed by atoms with E-state index >= 15 is 0 Å². The molecule has 1 N–H and O–H groups in total. The number of hydrogen-bond acceptors (Lipinski definition) is 4. The molecule has 1 aliphatic rings. The Bertz CT molecular complexity index is 742. The molecule has 0 aliphatic carbocycles. The van der Waals surface area contributed by atoms with Crippen molar-refractivity contribution < 1.29 is 9.53 Å². The first-order valence-corrected chi connectivity index (χ1v) is 9.06. The summed E-state index contributed by atoms with van der Waals surface area (Å²) in [6.45, 7) is 5.45. The number of aryl methyl sites for hydroxylation is 2. The highest BCUT2D eigenvalue weighted by Gasteiger charge is 2.26. The van der Waals surface area contributed by atoms with Gasteiger partial charge in [-0.1, -0.05) is 30.0 Å². The number of fused-ring (bicyclic) bond motifs is 1. The summed E-state index contributed by atoms with van der Waals surface area (Å²) in [5, 5.41) is 3.81. The molecule has 24 heavy (non-hydrogen) atoms. The minimum absolute atomic E-state index is 0.0570. The number of amides is 1. The van der Waals surface area contributed by atoms with Crippen LogP contribution in [0.4, 0.5) is 5.69 Å². The van der Waals surface area contributed by atoms with Crippen molar-refractivity contribution >= 4 is 23.4 Å². The molecule has 1 aromatic carbocycles. The third kappa shape index (κ3) is 3.49. The number of imidazole rings is 1. The molecule has 0 spiro atoms. The molecule has 1 atom stereocenters. The lowest BCUT2D eigenvalue weighted by Crippen LogP contribution is -2.24. The Balaban J connectivity index is 1.79. The topological polar surface area (TPSA) is 56.1 Å². The highest BCUT2D eigenvalue weighted by molar-refractivity contribution is 8.00. The summed E-state index contributed by atoms with van der Waals surface area (Å²) in [4.78, 5) is 17.3. The maximum absolute atomic E-state index is 12.6. The van der Waals surface area contributed by atoms with Gasteiger partial charge in [0.25, 0.3) is 0 Å². The fraction of sp³-hybridized carbons (Fsp3) is 0.444. The number of carbonyl (C=O) groups excluding carboxylic acids is 1. The van der Waals surface area contributed by atoms with E-state index in [1.54, 1.807) is 18.9 Å². The van der Waals surface area contributed by atoms with Crippen molar-refractivity contribution in [3.05, 3.63) is 41.2 Å². The maximum Gasteiger partial charge on any atom is 0.237 e. The molecule has 2 aromatic rings. The second-order valence-corrected chi connectivity index (χ2v) is 7.17. The minimum atomic E-state index is -0.139. The van der Waals surface area contributed by atoms with E-state index in [2.05, 4.69) is 27.9 Å². The molecule has 1 amide bonds. The summed E-state index contributed by atoms with van der Waals surface area (Å²) in [5.41, 5.74) is 4.27. The van der Waals surface area contributed by atoms with Crippen molar-refractivity contribution in [2.45, 2.75) is 43.6 Å². The number of thioether (sulfide) groups is 1. The van der Waals surface area contributed by atoms with E-state index in [-0.39, 0.29) is 11.2 Å². The molecular weight excluding hydrogens is 322 g/mol. The molecule has 0 fully saturated rings. The van der Waals surface area contributed by atoms with Crippen LogP contribution in [0.15, 0.2) is 29.4 Å². The first-order chi connectivity index (χ1) is 11.6. The first-order valence-electron chi connectivity index (χ1n) is 8.18. The van der Waals surface area contributed by atoms with E-state index in [1.165, 1.54) is 5.56 Å².